The van der Waals surface area contributed by atoms with E-state index in [1.165, 1.54) is 27.0 Å². The summed E-state index contributed by atoms with van der Waals surface area (Å²) < 4.78 is 36.5. The predicted molar refractivity (Wildman–Crippen MR) is 283 cm³/mol. The van der Waals surface area contributed by atoms with Gasteiger partial charge in [-0.2, -0.15) is 15.1 Å². The number of aliphatic hydroxyl groups excluding tert-OH is 2. The van der Waals surface area contributed by atoms with Gasteiger partial charge in [-0.05, 0) is 80.7 Å². The zero-order valence-electron chi connectivity index (χ0n) is 43.2. The van der Waals surface area contributed by atoms with Gasteiger partial charge in [0, 0.05) is 72.7 Å². The second-order valence-corrected chi connectivity index (χ2v) is 21.7. The fourth-order valence-corrected chi connectivity index (χ4v) is 11.5. The third-order valence-corrected chi connectivity index (χ3v) is 15.9. The van der Waals surface area contributed by atoms with Crippen LogP contribution in [0, 0.1) is 37.4 Å². The number of rotatable bonds is 17. The number of piperazine rings is 1. The first-order valence-electron chi connectivity index (χ1n) is 25.9. The van der Waals surface area contributed by atoms with E-state index >= 15 is 4.39 Å². The molecule has 7 heterocycles. The summed E-state index contributed by atoms with van der Waals surface area (Å²) in [7, 11) is 1.63. The SMILES string of the molecule is CO[C@@H](C)COc1nc(N2C[C@@H]3C[C@H]2CN3)c2cc(C3CC3)c(-c3c(C)c(F)cc4[nH]ncc34)c(OCc3ccc(-c4cn([C@H](C(=O)N5C[C@H](O)C[C@H]5C(=O)N[C@H](C#Cc5scnc5C)CO)C(C)C)nn4)cc3)c2n1. The van der Waals surface area contributed by atoms with Gasteiger partial charge in [0.25, 0.3) is 0 Å². The molecule has 0 radical (unpaired) electrons. The Bertz CT molecular complexity index is 3380. The number of amides is 2. The molecule has 3 aliphatic heterocycles. The number of halogens is 1. The molecule has 1 saturated carbocycles. The highest BCUT2D eigenvalue weighted by Crippen LogP contribution is 2.53. The quantitative estimate of drug-likeness (QED) is 0.0684. The average molecular weight is 1050 g/mol. The van der Waals surface area contributed by atoms with Crippen LogP contribution in [0.2, 0.25) is 0 Å². The van der Waals surface area contributed by atoms with E-state index in [9.17, 15) is 19.8 Å². The maximum Gasteiger partial charge on any atom is 0.319 e. The van der Waals surface area contributed by atoms with Crippen LogP contribution in [0.5, 0.6) is 11.8 Å². The summed E-state index contributed by atoms with van der Waals surface area (Å²) in [5, 5.41) is 45.1. The zero-order valence-corrected chi connectivity index (χ0v) is 44.0. The molecule has 7 aromatic rings. The highest BCUT2D eigenvalue weighted by atomic mass is 32.1. The molecule has 76 heavy (non-hydrogen) atoms. The Balaban J connectivity index is 0.894. The van der Waals surface area contributed by atoms with E-state index in [0.29, 0.717) is 39.6 Å². The summed E-state index contributed by atoms with van der Waals surface area (Å²) in [6.07, 6.45) is 5.28. The lowest BCUT2D eigenvalue weighted by molar-refractivity contribution is -0.142. The van der Waals surface area contributed by atoms with Crippen LogP contribution in [0.15, 0.2) is 54.3 Å². The summed E-state index contributed by atoms with van der Waals surface area (Å²) in [4.78, 5) is 47.0. The molecule has 7 atom stereocenters. The molecule has 4 aliphatic rings. The Morgan fingerprint density at radius 1 is 1.04 bits per heavy atom. The standard InChI is InChI=1S/C55H61FN12O7S/c1-28(2)50(54(72)67-22-38(70)16-45(67)53(71)60-35(24-69)13-14-46-31(5)58-27-76-46)68-23-44(64-65-68)34-9-7-32(8-10-34)26-74-51-48(47-30(4)42(56)18-43-41(47)20-59-63-43)39(33-11-12-33)17-40-49(51)61-55(75-25-29(3)73-6)62-52(40)66-21-36-15-37(66)19-57-36/h7-10,17-18,20,23,27-29,33,35-38,45,50,57,69-70H,11-12,15-16,19,21-22,24-26H2,1-6H3,(H,59,63)(H,60,71)/t29-,35+,36-,37-,38+,45-,50-/m0/s1. The second-order valence-electron chi connectivity index (χ2n) is 20.8. The summed E-state index contributed by atoms with van der Waals surface area (Å²) in [6, 6.07) is 9.44. The predicted octanol–water partition coefficient (Wildman–Crippen LogP) is 5.75. The number of methoxy groups -OCH3 is 1. The largest absolute Gasteiger partial charge is 0.486 e. The highest BCUT2D eigenvalue weighted by Gasteiger charge is 2.44. The molecule has 3 aromatic carbocycles. The van der Waals surface area contributed by atoms with Crippen LogP contribution in [0.1, 0.15) is 85.7 Å². The number of ether oxygens (including phenoxy) is 3. The van der Waals surface area contributed by atoms with Gasteiger partial charge in [-0.15, -0.1) is 16.4 Å². The Labute approximate surface area is 442 Å². The number of benzene rings is 3. The number of β-amino-alcohol motifs (C(OH)–C–C–N with tert-alkyl or cyclic N) is 1. The van der Waals surface area contributed by atoms with Gasteiger partial charge in [0.2, 0.25) is 11.8 Å². The molecule has 4 aromatic heterocycles. The second kappa shape index (κ2) is 21.1. The molecule has 1 aliphatic carbocycles. The number of hydrogen-bond donors (Lipinski definition) is 5. The number of likely N-dealkylation sites (tertiary alicyclic amines) is 1. The fourth-order valence-electron chi connectivity index (χ4n) is 10.8. The maximum absolute atomic E-state index is 16.1. The van der Waals surface area contributed by atoms with Gasteiger partial charge in [0.1, 0.15) is 54.2 Å². The Kier molecular flexibility index (Phi) is 14.2. The van der Waals surface area contributed by atoms with Crippen LogP contribution in [0.4, 0.5) is 10.2 Å². The molecule has 21 heteroatoms. The van der Waals surface area contributed by atoms with E-state index in [2.05, 4.69) is 58.9 Å². The molecule has 19 nitrogen and oxygen atoms in total. The van der Waals surface area contributed by atoms with Crippen LogP contribution in [0.3, 0.4) is 0 Å². The van der Waals surface area contributed by atoms with Crippen molar-refractivity contribution in [2.24, 2.45) is 5.92 Å². The average Bonchev–Trinajstić information content (AvgIpc) is 4.11. The van der Waals surface area contributed by atoms with E-state index in [-0.39, 0.29) is 62.0 Å². The monoisotopic (exact) mass is 1050 g/mol. The van der Waals surface area contributed by atoms with Crippen LogP contribution >= 0.6 is 11.3 Å². The molecule has 5 N–H and O–H groups in total. The molecule has 3 saturated heterocycles. The molecule has 2 amide bonds. The number of thiazole rings is 1. The summed E-state index contributed by atoms with van der Waals surface area (Å²) >= 11 is 1.36. The minimum absolute atomic E-state index is 0.0263. The summed E-state index contributed by atoms with van der Waals surface area (Å²) in [5.74, 6) is 5.79. The first-order chi connectivity index (χ1) is 36.8. The lowest BCUT2D eigenvalue weighted by Crippen LogP contribution is -2.51. The molecular formula is C55H61FN12O7S. The number of fused-ring (bicyclic) bond motifs is 4. The van der Waals surface area contributed by atoms with Crippen molar-refractivity contribution in [2.75, 3.05) is 44.9 Å². The minimum Gasteiger partial charge on any atom is -0.486 e. The van der Waals surface area contributed by atoms with Crippen molar-refractivity contribution in [2.45, 2.75) is 115 Å². The van der Waals surface area contributed by atoms with Gasteiger partial charge in [-0.3, -0.25) is 14.7 Å². The first-order valence-corrected chi connectivity index (χ1v) is 26.8. The molecule has 11 rings (SSSR count). The highest BCUT2D eigenvalue weighted by molar-refractivity contribution is 7.10. The maximum atomic E-state index is 16.1. The summed E-state index contributed by atoms with van der Waals surface area (Å²) in [5.41, 5.74) is 8.62. The molecule has 396 valence electrons. The van der Waals surface area contributed by atoms with Crippen molar-refractivity contribution >= 4 is 50.8 Å². The molecule has 0 unspecified atom stereocenters. The fraction of sp³-hybridized carbons (Fsp3) is 0.455. The summed E-state index contributed by atoms with van der Waals surface area (Å²) in [6.45, 7) is 10.8. The minimum atomic E-state index is -0.996. The first kappa shape index (κ1) is 51.0. The smallest absolute Gasteiger partial charge is 0.319 e. The van der Waals surface area contributed by atoms with Crippen molar-refractivity contribution in [1.82, 2.24) is 55.7 Å². The number of carbonyl (C=O) groups excluding carboxylic acids is 2. The molecule has 2 bridgehead atoms. The van der Waals surface area contributed by atoms with E-state index in [0.717, 1.165) is 81.8 Å². The van der Waals surface area contributed by atoms with Crippen LogP contribution in [0.25, 0.3) is 44.2 Å². The number of aromatic nitrogens is 8. The number of H-pyrrole nitrogens is 1. The van der Waals surface area contributed by atoms with Crippen molar-refractivity contribution in [3.63, 3.8) is 0 Å². The number of nitrogens with one attached hydrogen (secondary N) is 3. The van der Waals surface area contributed by atoms with Crippen molar-refractivity contribution in [1.29, 1.82) is 0 Å². The Morgan fingerprint density at radius 2 is 1.86 bits per heavy atom. The number of aryl methyl sites for hydroxylation is 1. The van der Waals surface area contributed by atoms with Gasteiger partial charge in [0.05, 0.1) is 52.8 Å². The number of anilines is 1. The van der Waals surface area contributed by atoms with E-state index < -0.39 is 42.7 Å². The number of aliphatic hydroxyl groups is 2. The van der Waals surface area contributed by atoms with Gasteiger partial charge < -0.3 is 44.9 Å². The van der Waals surface area contributed by atoms with Crippen LogP contribution < -0.4 is 25.0 Å². The molecule has 4 fully saturated rings. The van der Waals surface area contributed by atoms with E-state index in [1.54, 1.807) is 31.9 Å². The van der Waals surface area contributed by atoms with Crippen molar-refractivity contribution in [3.05, 3.63) is 87.4 Å². The lowest BCUT2D eigenvalue weighted by Gasteiger charge is -2.30. The normalized spacial score (nSPS) is 20.3. The molecule has 0 spiro atoms. The van der Waals surface area contributed by atoms with Gasteiger partial charge >= 0.3 is 6.01 Å². The third kappa shape index (κ3) is 9.95. The number of carbonyl (C=O) groups is 2. The Morgan fingerprint density at radius 3 is 2.55 bits per heavy atom. The topological polar surface area (TPSA) is 231 Å². The van der Waals surface area contributed by atoms with Crippen LogP contribution in [-0.4, -0.2) is 143 Å². The van der Waals surface area contributed by atoms with Gasteiger partial charge in [-0.1, -0.05) is 55.2 Å². The third-order valence-electron chi connectivity index (χ3n) is 15.1. The van der Waals surface area contributed by atoms with E-state index in [1.807, 2.05) is 52.0 Å². The van der Waals surface area contributed by atoms with Crippen molar-refractivity contribution < 1.29 is 38.4 Å². The van der Waals surface area contributed by atoms with E-state index in [4.69, 9.17) is 24.2 Å². The van der Waals surface area contributed by atoms with Crippen LogP contribution in [-0.2, 0) is 20.9 Å². The van der Waals surface area contributed by atoms with Gasteiger partial charge in [0.15, 0.2) is 5.75 Å². The van der Waals surface area contributed by atoms with Gasteiger partial charge in [-0.25, -0.2) is 14.1 Å². The Hall–Kier alpha value is -7.09. The zero-order chi connectivity index (χ0) is 52.9. The van der Waals surface area contributed by atoms with Crippen molar-refractivity contribution in [3.8, 4) is 46.0 Å². The lowest BCUT2D eigenvalue weighted by atomic mass is 9.88. The number of nitrogens with zero attached hydrogens (tertiary/aromatic N) is 9. The number of aromatic amines is 1. The number of hydrogen-bond acceptors (Lipinski definition) is 16. The molecular weight excluding hydrogens is 992 g/mol.